The van der Waals surface area contributed by atoms with E-state index in [1.807, 2.05) is 13.8 Å². The summed E-state index contributed by atoms with van der Waals surface area (Å²) in [5.41, 5.74) is 2.38. The van der Waals surface area contributed by atoms with Crippen molar-refractivity contribution in [2.45, 2.75) is 26.4 Å². The molecular weight excluding hydrogens is 236 g/mol. The van der Waals surface area contributed by atoms with Gasteiger partial charge in [-0.3, -0.25) is 5.43 Å². The lowest BCUT2D eigenvalue weighted by molar-refractivity contribution is 0.197. The molecule has 4 N–H and O–H groups in total. The van der Waals surface area contributed by atoms with E-state index < -0.39 is 0 Å². The molecule has 0 unspecified atom stereocenters. The number of nitrogens with two attached hydrogens (primary N) is 1. The topological polar surface area (TPSA) is 107 Å². The molecule has 0 aromatic carbocycles. The Kier molecular flexibility index (Phi) is 6.09. The van der Waals surface area contributed by atoms with Crippen molar-refractivity contribution in [1.29, 1.82) is 0 Å². The highest BCUT2D eigenvalue weighted by Gasteiger charge is 2.07. The van der Waals surface area contributed by atoms with Crippen molar-refractivity contribution in [1.82, 2.24) is 15.0 Å². The van der Waals surface area contributed by atoms with E-state index in [0.717, 1.165) is 6.42 Å². The van der Waals surface area contributed by atoms with Gasteiger partial charge in [0.1, 0.15) is 0 Å². The number of nitrogens with zero attached hydrogens (tertiary/aromatic N) is 3. The third kappa shape index (κ3) is 5.11. The van der Waals surface area contributed by atoms with E-state index in [-0.39, 0.29) is 18.1 Å². The van der Waals surface area contributed by atoms with Crippen LogP contribution >= 0.6 is 0 Å². The number of ether oxygens (including phenoxy) is 2. The summed E-state index contributed by atoms with van der Waals surface area (Å²) in [6.07, 6.45) is 0.841. The van der Waals surface area contributed by atoms with Gasteiger partial charge < -0.3 is 14.8 Å². The second-order valence-electron chi connectivity index (χ2n) is 3.85. The molecule has 0 radical (unpaired) electrons. The molecule has 0 bridgehead atoms. The summed E-state index contributed by atoms with van der Waals surface area (Å²) in [5, 5.41) is 3.05. The minimum atomic E-state index is -0.0145. The van der Waals surface area contributed by atoms with Crippen LogP contribution in [0.2, 0.25) is 0 Å². The molecule has 0 amide bonds. The van der Waals surface area contributed by atoms with Gasteiger partial charge in [0.2, 0.25) is 11.9 Å². The Morgan fingerprint density at radius 3 is 2.56 bits per heavy atom. The first-order valence-corrected chi connectivity index (χ1v) is 5.78. The molecule has 8 nitrogen and oxygen atoms in total. The summed E-state index contributed by atoms with van der Waals surface area (Å²) in [6.45, 7) is 5.16. The molecule has 0 saturated heterocycles. The first-order valence-electron chi connectivity index (χ1n) is 5.78. The fourth-order valence-electron chi connectivity index (χ4n) is 1.18. The molecule has 8 heteroatoms. The van der Waals surface area contributed by atoms with Crippen LogP contribution in [-0.4, -0.2) is 41.3 Å². The van der Waals surface area contributed by atoms with Crippen LogP contribution in [0.15, 0.2) is 0 Å². The summed E-state index contributed by atoms with van der Waals surface area (Å²) >= 11 is 0. The van der Waals surface area contributed by atoms with Crippen molar-refractivity contribution in [3.63, 3.8) is 0 Å². The third-order valence-corrected chi connectivity index (χ3v) is 1.89. The van der Waals surface area contributed by atoms with Crippen molar-refractivity contribution in [2.24, 2.45) is 5.84 Å². The van der Waals surface area contributed by atoms with Gasteiger partial charge in [-0.1, -0.05) is 0 Å². The minimum absolute atomic E-state index is 0.0145. The van der Waals surface area contributed by atoms with Gasteiger partial charge in [-0.15, -0.1) is 0 Å². The van der Waals surface area contributed by atoms with E-state index in [1.54, 1.807) is 7.11 Å². The highest BCUT2D eigenvalue weighted by atomic mass is 16.5. The zero-order valence-corrected chi connectivity index (χ0v) is 10.9. The number of hydrazine groups is 1. The predicted octanol–water partition coefficient (Wildman–Crippen LogP) is 0.393. The normalized spacial score (nSPS) is 10.5. The lowest BCUT2D eigenvalue weighted by Gasteiger charge is -2.10. The third-order valence-electron chi connectivity index (χ3n) is 1.89. The Hall–Kier alpha value is -1.67. The van der Waals surface area contributed by atoms with E-state index in [0.29, 0.717) is 19.1 Å². The molecular formula is C10H20N6O2. The van der Waals surface area contributed by atoms with Gasteiger partial charge in [-0.2, -0.15) is 15.0 Å². The SMILES string of the molecule is COCCCNc1nc(NN)nc(OC(C)C)n1. The maximum atomic E-state index is 5.40. The first kappa shape index (κ1) is 14.4. The maximum Gasteiger partial charge on any atom is 0.323 e. The number of nitrogens with one attached hydrogen (secondary N) is 2. The quantitative estimate of drug-likeness (QED) is 0.348. The number of hydrogen-bond donors (Lipinski definition) is 3. The Morgan fingerprint density at radius 2 is 1.94 bits per heavy atom. The van der Waals surface area contributed by atoms with Crippen LogP contribution < -0.4 is 21.3 Å². The summed E-state index contributed by atoms with van der Waals surface area (Å²) in [4.78, 5) is 12.2. The van der Waals surface area contributed by atoms with E-state index in [1.165, 1.54) is 0 Å². The highest BCUT2D eigenvalue weighted by molar-refractivity contribution is 5.34. The summed E-state index contributed by atoms with van der Waals surface area (Å²) in [7, 11) is 1.66. The number of hydrogen-bond acceptors (Lipinski definition) is 8. The van der Waals surface area contributed by atoms with Crippen LogP contribution in [0.25, 0.3) is 0 Å². The zero-order chi connectivity index (χ0) is 13.4. The van der Waals surface area contributed by atoms with Gasteiger partial charge in [0, 0.05) is 20.3 Å². The molecule has 18 heavy (non-hydrogen) atoms. The lowest BCUT2D eigenvalue weighted by Crippen LogP contribution is -2.17. The van der Waals surface area contributed by atoms with Crippen molar-refractivity contribution in [3.8, 4) is 6.01 Å². The fraction of sp³-hybridized carbons (Fsp3) is 0.700. The average molecular weight is 256 g/mol. The molecule has 0 atom stereocenters. The molecule has 0 aliphatic heterocycles. The Labute approximate surface area is 106 Å². The number of anilines is 2. The van der Waals surface area contributed by atoms with Crippen molar-refractivity contribution in [2.75, 3.05) is 31.0 Å². The highest BCUT2D eigenvalue weighted by Crippen LogP contribution is 2.11. The van der Waals surface area contributed by atoms with Gasteiger partial charge in [0.05, 0.1) is 6.10 Å². The van der Waals surface area contributed by atoms with Crippen LogP contribution in [0.1, 0.15) is 20.3 Å². The molecule has 1 rings (SSSR count). The monoisotopic (exact) mass is 256 g/mol. The smallest absolute Gasteiger partial charge is 0.323 e. The van der Waals surface area contributed by atoms with Crippen LogP contribution in [0.3, 0.4) is 0 Å². The summed E-state index contributed by atoms with van der Waals surface area (Å²) in [6, 6.07) is 0.238. The number of aromatic nitrogens is 3. The second-order valence-corrected chi connectivity index (χ2v) is 3.85. The average Bonchev–Trinajstić information content (AvgIpc) is 2.33. The summed E-state index contributed by atoms with van der Waals surface area (Å²) < 4.78 is 10.4. The molecule has 0 aliphatic carbocycles. The number of methoxy groups -OCH3 is 1. The molecule has 0 fully saturated rings. The predicted molar refractivity (Wildman–Crippen MR) is 68.4 cm³/mol. The fourth-order valence-corrected chi connectivity index (χ4v) is 1.18. The van der Waals surface area contributed by atoms with Crippen molar-refractivity contribution >= 4 is 11.9 Å². The van der Waals surface area contributed by atoms with Crippen LogP contribution in [0.5, 0.6) is 6.01 Å². The Bertz CT molecular complexity index is 360. The van der Waals surface area contributed by atoms with E-state index in [9.17, 15) is 0 Å². The van der Waals surface area contributed by atoms with Gasteiger partial charge in [0.15, 0.2) is 0 Å². The van der Waals surface area contributed by atoms with Crippen molar-refractivity contribution in [3.05, 3.63) is 0 Å². The molecule has 1 heterocycles. The molecule has 1 aromatic rings. The van der Waals surface area contributed by atoms with Crippen LogP contribution in [0, 0.1) is 0 Å². The second kappa shape index (κ2) is 7.62. The molecule has 0 spiro atoms. The zero-order valence-electron chi connectivity index (χ0n) is 10.9. The number of nitrogen functional groups attached to an aromatic ring is 1. The number of rotatable bonds is 8. The standard InChI is InChI=1S/C10H20N6O2/c1-7(2)18-10-14-8(12-5-4-6-17-3)13-9(15-10)16-11/h7H,4-6,11H2,1-3H3,(H2,12,13,14,15,16). The largest absolute Gasteiger partial charge is 0.461 e. The van der Waals surface area contributed by atoms with Gasteiger partial charge in [-0.05, 0) is 20.3 Å². The van der Waals surface area contributed by atoms with Crippen LogP contribution in [-0.2, 0) is 4.74 Å². The van der Waals surface area contributed by atoms with Gasteiger partial charge in [0.25, 0.3) is 0 Å². The van der Waals surface area contributed by atoms with E-state index in [2.05, 4.69) is 25.7 Å². The Balaban J connectivity index is 2.64. The lowest BCUT2D eigenvalue weighted by atomic mass is 10.4. The molecule has 0 aliphatic rings. The maximum absolute atomic E-state index is 5.40. The van der Waals surface area contributed by atoms with E-state index in [4.69, 9.17) is 15.3 Å². The Morgan fingerprint density at radius 1 is 1.22 bits per heavy atom. The minimum Gasteiger partial charge on any atom is -0.461 e. The van der Waals surface area contributed by atoms with Gasteiger partial charge in [-0.25, -0.2) is 5.84 Å². The summed E-state index contributed by atoms with van der Waals surface area (Å²) in [5.74, 6) is 5.97. The van der Waals surface area contributed by atoms with Crippen molar-refractivity contribution < 1.29 is 9.47 Å². The van der Waals surface area contributed by atoms with E-state index >= 15 is 0 Å². The molecule has 102 valence electrons. The first-order chi connectivity index (χ1) is 8.65. The van der Waals surface area contributed by atoms with Crippen LogP contribution in [0.4, 0.5) is 11.9 Å². The van der Waals surface area contributed by atoms with Gasteiger partial charge >= 0.3 is 6.01 Å². The molecule has 1 aromatic heterocycles. The molecule has 0 saturated carbocycles.